The maximum atomic E-state index is 13.0. The Morgan fingerprint density at radius 2 is 1.90 bits per heavy atom. The first-order chi connectivity index (χ1) is 18.7. The minimum absolute atomic E-state index is 0.179. The number of hydrogen-bond donors (Lipinski definition) is 1. The van der Waals surface area contributed by atoms with Gasteiger partial charge in [0.05, 0.1) is 27.2 Å². The number of hydrogen-bond acceptors (Lipinski definition) is 7. The average molecular weight is 653 g/mol. The molecule has 1 N–H and O–H groups in total. The first-order valence-corrected chi connectivity index (χ1v) is 13.7. The molecular formula is C29H24IN3O5S. The molecule has 1 heterocycles. The number of amides is 3. The maximum Gasteiger partial charge on any atom is 0.294 e. The van der Waals surface area contributed by atoms with Crippen LogP contribution in [0, 0.1) is 28.7 Å². The third-order valence-corrected chi connectivity index (χ3v) is 7.73. The predicted molar refractivity (Wildman–Crippen MR) is 158 cm³/mol. The Bertz CT molecular complexity index is 1550. The van der Waals surface area contributed by atoms with Crippen molar-refractivity contribution in [2.24, 2.45) is 0 Å². The topological polar surface area (TPSA) is 109 Å². The van der Waals surface area contributed by atoms with Crippen molar-refractivity contribution >= 4 is 63.2 Å². The number of nitrogens with zero attached hydrogens (tertiary/aromatic N) is 2. The lowest BCUT2D eigenvalue weighted by Gasteiger charge is -2.14. The lowest BCUT2D eigenvalue weighted by Crippen LogP contribution is -2.36. The lowest BCUT2D eigenvalue weighted by molar-refractivity contribution is -0.127. The molecule has 3 aromatic rings. The number of halogens is 1. The van der Waals surface area contributed by atoms with Crippen molar-refractivity contribution < 1.29 is 23.9 Å². The van der Waals surface area contributed by atoms with Gasteiger partial charge in [-0.15, -0.1) is 0 Å². The van der Waals surface area contributed by atoms with Crippen LogP contribution in [-0.4, -0.2) is 35.6 Å². The molecule has 0 atom stereocenters. The summed E-state index contributed by atoms with van der Waals surface area (Å²) >= 11 is 2.88. The molecule has 1 aliphatic heterocycles. The Kier molecular flexibility index (Phi) is 8.93. The summed E-state index contributed by atoms with van der Waals surface area (Å²) in [6, 6.07) is 18.3. The van der Waals surface area contributed by atoms with E-state index >= 15 is 0 Å². The number of carbonyl (C=O) groups excluding carboxylic acids is 3. The van der Waals surface area contributed by atoms with E-state index in [0.29, 0.717) is 28.3 Å². The van der Waals surface area contributed by atoms with Crippen molar-refractivity contribution in [3.05, 3.63) is 90.9 Å². The highest BCUT2D eigenvalue weighted by molar-refractivity contribution is 14.1. The Labute approximate surface area is 244 Å². The van der Waals surface area contributed by atoms with E-state index in [1.165, 1.54) is 7.11 Å². The molecule has 1 aliphatic rings. The van der Waals surface area contributed by atoms with Crippen LogP contribution in [0.2, 0.25) is 0 Å². The summed E-state index contributed by atoms with van der Waals surface area (Å²) in [5, 5.41) is 11.5. The van der Waals surface area contributed by atoms with Gasteiger partial charge in [-0.25, -0.2) is 0 Å². The highest BCUT2D eigenvalue weighted by Crippen LogP contribution is 2.37. The molecule has 0 aromatic heterocycles. The third-order valence-electron chi connectivity index (χ3n) is 6.03. The number of ether oxygens (including phenoxy) is 2. The molecule has 10 heteroatoms. The molecule has 0 aliphatic carbocycles. The summed E-state index contributed by atoms with van der Waals surface area (Å²) in [6.07, 6.45) is 1.59. The van der Waals surface area contributed by atoms with Gasteiger partial charge in [0.2, 0.25) is 5.91 Å². The van der Waals surface area contributed by atoms with Crippen LogP contribution < -0.4 is 14.8 Å². The number of aryl methyl sites for hydroxylation is 2. The van der Waals surface area contributed by atoms with Crippen LogP contribution in [0.1, 0.15) is 27.8 Å². The second-order valence-corrected chi connectivity index (χ2v) is 10.9. The molecule has 198 valence electrons. The summed E-state index contributed by atoms with van der Waals surface area (Å²) in [4.78, 5) is 39.2. The van der Waals surface area contributed by atoms with Crippen LogP contribution in [0.5, 0.6) is 11.5 Å². The molecule has 0 spiro atoms. The van der Waals surface area contributed by atoms with E-state index in [2.05, 4.69) is 34.0 Å². The molecule has 1 saturated heterocycles. The average Bonchev–Trinajstić information content (AvgIpc) is 3.17. The summed E-state index contributed by atoms with van der Waals surface area (Å²) in [6.45, 7) is 3.71. The van der Waals surface area contributed by atoms with Gasteiger partial charge in [-0.1, -0.05) is 24.3 Å². The molecule has 4 rings (SSSR count). The zero-order valence-electron chi connectivity index (χ0n) is 21.4. The van der Waals surface area contributed by atoms with Crippen LogP contribution in [0.15, 0.2) is 59.5 Å². The van der Waals surface area contributed by atoms with Gasteiger partial charge in [-0.05, 0) is 101 Å². The van der Waals surface area contributed by atoms with E-state index in [-0.39, 0.29) is 18.1 Å². The summed E-state index contributed by atoms with van der Waals surface area (Å²) in [7, 11) is 1.51. The summed E-state index contributed by atoms with van der Waals surface area (Å²) < 4.78 is 12.2. The van der Waals surface area contributed by atoms with Crippen molar-refractivity contribution in [2.75, 3.05) is 19.0 Å². The molecule has 0 unspecified atom stereocenters. The van der Waals surface area contributed by atoms with Gasteiger partial charge < -0.3 is 14.8 Å². The van der Waals surface area contributed by atoms with Gasteiger partial charge in [-0.2, -0.15) is 5.26 Å². The normalized spacial score (nSPS) is 13.9. The highest BCUT2D eigenvalue weighted by Gasteiger charge is 2.36. The van der Waals surface area contributed by atoms with Gasteiger partial charge in [0, 0.05) is 11.3 Å². The van der Waals surface area contributed by atoms with Crippen molar-refractivity contribution in [1.82, 2.24) is 4.90 Å². The minimum atomic E-state index is -0.539. The summed E-state index contributed by atoms with van der Waals surface area (Å²) in [5.74, 6) is -0.0613. The number of methoxy groups -OCH3 is 1. The van der Waals surface area contributed by atoms with E-state index < -0.39 is 17.1 Å². The number of carbonyl (C=O) groups is 3. The first kappa shape index (κ1) is 28.2. The van der Waals surface area contributed by atoms with Crippen LogP contribution in [0.25, 0.3) is 6.08 Å². The quantitative estimate of drug-likeness (QED) is 0.233. The van der Waals surface area contributed by atoms with Crippen molar-refractivity contribution in [3.63, 3.8) is 0 Å². The number of benzene rings is 3. The number of anilines is 1. The molecule has 8 nitrogen and oxygen atoms in total. The van der Waals surface area contributed by atoms with E-state index in [0.717, 1.165) is 36.9 Å². The molecule has 0 radical (unpaired) electrons. The van der Waals surface area contributed by atoms with Crippen molar-refractivity contribution in [3.8, 4) is 17.6 Å². The van der Waals surface area contributed by atoms with E-state index in [1.807, 2.05) is 38.1 Å². The lowest BCUT2D eigenvalue weighted by atomic mass is 10.1. The fraction of sp³-hybridized carbons (Fsp3) is 0.172. The largest absolute Gasteiger partial charge is 0.493 e. The van der Waals surface area contributed by atoms with Gasteiger partial charge in [-0.3, -0.25) is 19.3 Å². The minimum Gasteiger partial charge on any atom is -0.493 e. The fourth-order valence-corrected chi connectivity index (χ4v) is 5.44. The Hall–Kier alpha value is -3.82. The monoisotopic (exact) mass is 653 g/mol. The van der Waals surface area contributed by atoms with E-state index in [4.69, 9.17) is 9.47 Å². The van der Waals surface area contributed by atoms with Crippen molar-refractivity contribution in [2.45, 2.75) is 20.5 Å². The Morgan fingerprint density at radius 3 is 2.62 bits per heavy atom. The van der Waals surface area contributed by atoms with Crippen LogP contribution in [-0.2, 0) is 16.2 Å². The molecule has 0 saturated carbocycles. The second-order valence-electron chi connectivity index (χ2n) is 8.71. The van der Waals surface area contributed by atoms with Crippen molar-refractivity contribution in [1.29, 1.82) is 5.26 Å². The Balaban J connectivity index is 1.48. The first-order valence-electron chi connectivity index (χ1n) is 11.8. The highest BCUT2D eigenvalue weighted by atomic mass is 127. The molecular weight excluding hydrogens is 629 g/mol. The van der Waals surface area contributed by atoms with Crippen LogP contribution in [0.4, 0.5) is 10.5 Å². The molecule has 39 heavy (non-hydrogen) atoms. The second kappa shape index (κ2) is 12.4. The number of nitriles is 1. The zero-order valence-corrected chi connectivity index (χ0v) is 24.4. The molecule has 0 bridgehead atoms. The number of imide groups is 1. The summed E-state index contributed by atoms with van der Waals surface area (Å²) in [5.41, 5.74) is 4.63. The fourth-order valence-electron chi connectivity index (χ4n) is 3.82. The standard InChI is InChI=1S/C29H24IN3O5S/c1-17-8-9-22(10-18(17)2)32-26(34)15-33-28(35)25(39-29(33)36)13-19-11-23(30)27(24(12-19)37-3)38-16-21-7-5-4-6-20(21)14-31/h4-13H,15-16H2,1-3H3,(H,32,34)/b25-13+. The zero-order chi connectivity index (χ0) is 28.1. The molecule has 3 aromatic carbocycles. The maximum absolute atomic E-state index is 13.0. The number of rotatable bonds is 8. The number of nitrogens with one attached hydrogen (secondary N) is 1. The Morgan fingerprint density at radius 1 is 1.13 bits per heavy atom. The van der Waals surface area contributed by atoms with Gasteiger partial charge >= 0.3 is 0 Å². The SMILES string of the molecule is COc1cc(/C=C2/SC(=O)N(CC(=O)Nc3ccc(C)c(C)c3)C2=O)cc(I)c1OCc1ccccc1C#N. The van der Waals surface area contributed by atoms with Gasteiger partial charge in [0.1, 0.15) is 13.2 Å². The predicted octanol–water partition coefficient (Wildman–Crippen LogP) is 6.04. The van der Waals surface area contributed by atoms with Gasteiger partial charge in [0.25, 0.3) is 11.1 Å². The third kappa shape index (κ3) is 6.61. The smallest absolute Gasteiger partial charge is 0.294 e. The van der Waals surface area contributed by atoms with Crippen LogP contribution >= 0.6 is 34.4 Å². The van der Waals surface area contributed by atoms with Gasteiger partial charge in [0.15, 0.2) is 11.5 Å². The van der Waals surface area contributed by atoms with E-state index in [1.54, 1.807) is 36.4 Å². The molecule has 1 fully saturated rings. The molecule has 3 amide bonds. The number of thioether (sulfide) groups is 1. The van der Waals surface area contributed by atoms with E-state index in [9.17, 15) is 19.6 Å². The van der Waals surface area contributed by atoms with Crippen LogP contribution in [0.3, 0.4) is 0 Å².